The molecule has 3 heteroatoms. The van der Waals surface area contributed by atoms with Gasteiger partial charge in [0.1, 0.15) is 0 Å². The Morgan fingerprint density at radius 3 is 2.65 bits per heavy atom. The topological polar surface area (TPSA) is 12.0 Å². The van der Waals surface area contributed by atoms with Crippen molar-refractivity contribution in [3.63, 3.8) is 0 Å². The van der Waals surface area contributed by atoms with Gasteiger partial charge in [-0.05, 0) is 47.9 Å². The van der Waals surface area contributed by atoms with Crippen LogP contribution < -0.4 is 5.32 Å². The molecular weight excluding hydrogens is 253 g/mol. The van der Waals surface area contributed by atoms with Crippen LogP contribution in [0.5, 0.6) is 0 Å². The third-order valence-corrected chi connectivity index (χ3v) is 3.54. The van der Waals surface area contributed by atoms with Crippen molar-refractivity contribution in [2.24, 2.45) is 0 Å². The van der Waals surface area contributed by atoms with Gasteiger partial charge in [-0.25, -0.2) is 0 Å². The Hall–Kier alpha value is -1.18. The first-order chi connectivity index (χ1) is 8.22. The predicted octanol–water partition coefficient (Wildman–Crippen LogP) is 4.70. The molecule has 1 aliphatic rings. The summed E-state index contributed by atoms with van der Waals surface area (Å²) in [6.07, 6.45) is 0.955. The van der Waals surface area contributed by atoms with Crippen LogP contribution >= 0.6 is 23.2 Å². The fourth-order valence-corrected chi connectivity index (χ4v) is 2.65. The Kier molecular flexibility index (Phi) is 2.73. The molecule has 17 heavy (non-hydrogen) atoms. The highest BCUT2D eigenvalue weighted by atomic mass is 35.5. The first-order valence-corrected chi connectivity index (χ1v) is 6.28. The summed E-state index contributed by atoms with van der Waals surface area (Å²) in [6.45, 7) is 0. The van der Waals surface area contributed by atoms with Gasteiger partial charge in [0, 0.05) is 15.7 Å². The number of hydrogen-bond acceptors (Lipinski definition) is 1. The minimum absolute atomic E-state index is 0.294. The van der Waals surface area contributed by atoms with E-state index in [4.69, 9.17) is 23.2 Å². The molecule has 0 amide bonds. The maximum atomic E-state index is 6.01. The minimum atomic E-state index is 0.294. The molecule has 1 unspecified atom stereocenters. The Morgan fingerprint density at radius 2 is 1.82 bits per heavy atom. The summed E-state index contributed by atoms with van der Waals surface area (Å²) >= 11 is 12.0. The number of halogens is 2. The summed E-state index contributed by atoms with van der Waals surface area (Å²) in [5.41, 5.74) is 3.65. The van der Waals surface area contributed by atoms with Crippen LogP contribution in [0, 0.1) is 0 Å². The van der Waals surface area contributed by atoms with Gasteiger partial charge >= 0.3 is 0 Å². The maximum Gasteiger partial charge on any atom is 0.0555 e. The molecule has 86 valence electrons. The number of benzene rings is 2. The molecule has 0 spiro atoms. The van der Waals surface area contributed by atoms with Gasteiger partial charge in [-0.2, -0.15) is 0 Å². The molecular formula is C14H11Cl2N. The van der Waals surface area contributed by atoms with Gasteiger partial charge < -0.3 is 5.32 Å². The molecule has 1 nitrogen and oxygen atoms in total. The number of anilines is 1. The van der Waals surface area contributed by atoms with E-state index in [0.717, 1.165) is 16.5 Å². The van der Waals surface area contributed by atoms with E-state index >= 15 is 0 Å². The molecule has 1 atom stereocenters. The summed E-state index contributed by atoms with van der Waals surface area (Å²) < 4.78 is 0. The average Bonchev–Trinajstić information content (AvgIpc) is 2.72. The lowest BCUT2D eigenvalue weighted by molar-refractivity contribution is 0.824. The van der Waals surface area contributed by atoms with Gasteiger partial charge in [-0.3, -0.25) is 0 Å². The van der Waals surface area contributed by atoms with Crippen LogP contribution in [0.1, 0.15) is 17.2 Å². The number of nitrogens with one attached hydrogen (secondary N) is 1. The van der Waals surface area contributed by atoms with Crippen LogP contribution in [0.3, 0.4) is 0 Å². The predicted molar refractivity (Wildman–Crippen MR) is 73.0 cm³/mol. The lowest BCUT2D eigenvalue weighted by Gasteiger charge is -2.11. The van der Waals surface area contributed by atoms with E-state index in [2.05, 4.69) is 11.4 Å². The zero-order valence-corrected chi connectivity index (χ0v) is 10.6. The van der Waals surface area contributed by atoms with E-state index in [1.54, 1.807) is 0 Å². The monoisotopic (exact) mass is 263 g/mol. The normalized spacial score (nSPS) is 17.6. The van der Waals surface area contributed by atoms with E-state index in [9.17, 15) is 0 Å². The van der Waals surface area contributed by atoms with Gasteiger partial charge in [0.2, 0.25) is 0 Å². The highest BCUT2D eigenvalue weighted by molar-refractivity contribution is 6.31. The van der Waals surface area contributed by atoms with Gasteiger partial charge in [-0.1, -0.05) is 35.3 Å². The number of fused-ring (bicyclic) bond motifs is 1. The Bertz CT molecular complexity index is 566. The second-order valence-corrected chi connectivity index (χ2v) is 5.13. The van der Waals surface area contributed by atoms with Gasteiger partial charge in [0.15, 0.2) is 0 Å². The molecule has 0 fully saturated rings. The SMILES string of the molecule is Clc1cccc(C2Cc3cc(Cl)ccc3N2)c1. The van der Waals surface area contributed by atoms with Crippen molar-refractivity contribution in [1.82, 2.24) is 0 Å². The highest BCUT2D eigenvalue weighted by Gasteiger charge is 2.21. The van der Waals surface area contributed by atoms with E-state index < -0.39 is 0 Å². The molecule has 3 rings (SSSR count). The third-order valence-electron chi connectivity index (χ3n) is 3.07. The molecule has 0 bridgehead atoms. The molecule has 1 heterocycles. The zero-order chi connectivity index (χ0) is 11.8. The summed E-state index contributed by atoms with van der Waals surface area (Å²) in [6, 6.07) is 14.2. The van der Waals surface area contributed by atoms with E-state index in [-0.39, 0.29) is 0 Å². The van der Waals surface area contributed by atoms with Gasteiger partial charge in [0.05, 0.1) is 6.04 Å². The molecule has 2 aromatic rings. The van der Waals surface area contributed by atoms with Crippen molar-refractivity contribution in [3.8, 4) is 0 Å². The van der Waals surface area contributed by atoms with E-state index in [0.29, 0.717) is 6.04 Å². The van der Waals surface area contributed by atoms with Gasteiger partial charge in [0.25, 0.3) is 0 Å². The van der Waals surface area contributed by atoms with E-state index in [1.165, 1.54) is 16.8 Å². The maximum absolute atomic E-state index is 6.01. The average molecular weight is 264 g/mol. The summed E-state index contributed by atoms with van der Waals surface area (Å²) in [5.74, 6) is 0. The van der Waals surface area contributed by atoms with Crippen LogP contribution in [0.4, 0.5) is 5.69 Å². The lowest BCUT2D eigenvalue weighted by atomic mass is 10.0. The van der Waals surface area contributed by atoms with Gasteiger partial charge in [-0.15, -0.1) is 0 Å². The Morgan fingerprint density at radius 1 is 1.00 bits per heavy atom. The van der Waals surface area contributed by atoms with E-state index in [1.807, 2.05) is 36.4 Å². The minimum Gasteiger partial charge on any atom is -0.378 e. The number of rotatable bonds is 1. The molecule has 0 saturated heterocycles. The third kappa shape index (κ3) is 2.13. The summed E-state index contributed by atoms with van der Waals surface area (Å²) in [5, 5.41) is 5.05. The molecule has 0 aliphatic carbocycles. The fraction of sp³-hybridized carbons (Fsp3) is 0.143. The lowest BCUT2D eigenvalue weighted by Crippen LogP contribution is -2.05. The van der Waals surface area contributed by atoms with Crippen molar-refractivity contribution in [2.45, 2.75) is 12.5 Å². The molecule has 0 saturated carbocycles. The van der Waals surface area contributed by atoms with Crippen molar-refractivity contribution in [1.29, 1.82) is 0 Å². The number of hydrogen-bond donors (Lipinski definition) is 1. The standard InChI is InChI=1S/C14H11Cl2N/c15-11-3-1-2-9(6-11)14-8-10-7-12(16)4-5-13(10)17-14/h1-7,14,17H,8H2. The van der Waals surface area contributed by atoms with Crippen molar-refractivity contribution in [2.75, 3.05) is 5.32 Å². The fourth-order valence-electron chi connectivity index (χ4n) is 2.26. The van der Waals surface area contributed by atoms with Crippen LogP contribution in [0.15, 0.2) is 42.5 Å². The van der Waals surface area contributed by atoms with Crippen molar-refractivity contribution in [3.05, 3.63) is 63.6 Å². The molecule has 2 aromatic carbocycles. The first-order valence-electron chi connectivity index (χ1n) is 5.53. The smallest absolute Gasteiger partial charge is 0.0555 e. The quantitative estimate of drug-likeness (QED) is 0.787. The molecule has 1 aliphatic heterocycles. The Labute approximate surface area is 110 Å². The van der Waals surface area contributed by atoms with Crippen LogP contribution in [-0.4, -0.2) is 0 Å². The van der Waals surface area contributed by atoms with Crippen LogP contribution in [0.25, 0.3) is 0 Å². The summed E-state index contributed by atoms with van der Waals surface area (Å²) in [4.78, 5) is 0. The van der Waals surface area contributed by atoms with Crippen LogP contribution in [-0.2, 0) is 6.42 Å². The highest BCUT2D eigenvalue weighted by Crippen LogP contribution is 2.36. The van der Waals surface area contributed by atoms with Crippen molar-refractivity contribution < 1.29 is 0 Å². The molecule has 0 aromatic heterocycles. The zero-order valence-electron chi connectivity index (χ0n) is 9.08. The first kappa shape index (κ1) is 10.9. The largest absolute Gasteiger partial charge is 0.378 e. The second kappa shape index (κ2) is 4.25. The molecule has 0 radical (unpaired) electrons. The second-order valence-electron chi connectivity index (χ2n) is 4.26. The molecule has 1 N–H and O–H groups in total. The summed E-state index contributed by atoms with van der Waals surface area (Å²) in [7, 11) is 0. The van der Waals surface area contributed by atoms with Crippen molar-refractivity contribution >= 4 is 28.9 Å². The van der Waals surface area contributed by atoms with Crippen LogP contribution in [0.2, 0.25) is 10.0 Å². The Balaban J connectivity index is 1.91.